The van der Waals surface area contributed by atoms with Crippen LogP contribution in [-0.4, -0.2) is 33.7 Å². The van der Waals surface area contributed by atoms with Crippen LogP contribution in [0.25, 0.3) is 0 Å². The molecule has 0 saturated heterocycles. The standard InChI is InChI=1S/C10H16N2O4S/c1-11-17(14,15)8-6-12-10(13)5-4-9-3-2-7-16-9/h2-3,7,11H,4-6,8H2,1H3,(H,12,13). The Labute approximate surface area is 100 Å². The summed E-state index contributed by atoms with van der Waals surface area (Å²) in [5.74, 6) is 0.436. The highest BCUT2D eigenvalue weighted by Crippen LogP contribution is 2.02. The second-order valence-electron chi connectivity index (χ2n) is 3.45. The highest BCUT2D eigenvalue weighted by Gasteiger charge is 2.08. The average molecular weight is 260 g/mol. The second-order valence-corrected chi connectivity index (χ2v) is 5.50. The Balaban J connectivity index is 2.18. The fraction of sp³-hybridized carbons (Fsp3) is 0.500. The summed E-state index contributed by atoms with van der Waals surface area (Å²) in [5.41, 5.74) is 0. The Morgan fingerprint density at radius 2 is 2.24 bits per heavy atom. The van der Waals surface area contributed by atoms with Crippen LogP contribution in [0.15, 0.2) is 22.8 Å². The van der Waals surface area contributed by atoms with Gasteiger partial charge in [-0.15, -0.1) is 0 Å². The summed E-state index contributed by atoms with van der Waals surface area (Å²) in [5, 5.41) is 2.54. The Hall–Kier alpha value is -1.34. The minimum absolute atomic E-state index is 0.111. The summed E-state index contributed by atoms with van der Waals surface area (Å²) in [6.07, 6.45) is 2.34. The van der Waals surface area contributed by atoms with Gasteiger partial charge in [0, 0.05) is 19.4 Å². The maximum Gasteiger partial charge on any atom is 0.220 e. The van der Waals surface area contributed by atoms with Crippen molar-refractivity contribution in [1.29, 1.82) is 0 Å². The quantitative estimate of drug-likeness (QED) is 0.715. The van der Waals surface area contributed by atoms with Crippen LogP contribution in [0.2, 0.25) is 0 Å². The van der Waals surface area contributed by atoms with Crippen molar-refractivity contribution in [2.24, 2.45) is 0 Å². The lowest BCUT2D eigenvalue weighted by molar-refractivity contribution is -0.121. The minimum atomic E-state index is -3.26. The Bertz CT molecular complexity index is 439. The predicted molar refractivity (Wildman–Crippen MR) is 62.9 cm³/mol. The third-order valence-electron chi connectivity index (χ3n) is 2.18. The number of furan rings is 1. The zero-order valence-electron chi connectivity index (χ0n) is 9.60. The van der Waals surface area contributed by atoms with E-state index >= 15 is 0 Å². The summed E-state index contributed by atoms with van der Waals surface area (Å²) < 4.78 is 29.3. The first-order chi connectivity index (χ1) is 8.03. The molecule has 2 N–H and O–H groups in total. The van der Waals surface area contributed by atoms with E-state index in [1.54, 1.807) is 18.4 Å². The third kappa shape index (κ3) is 5.50. The Morgan fingerprint density at radius 3 is 2.82 bits per heavy atom. The topological polar surface area (TPSA) is 88.4 Å². The number of nitrogens with one attached hydrogen (secondary N) is 2. The van der Waals surface area contributed by atoms with Crippen molar-refractivity contribution in [3.05, 3.63) is 24.2 Å². The molecule has 0 aromatic carbocycles. The largest absolute Gasteiger partial charge is 0.469 e. The normalized spacial score (nSPS) is 11.4. The van der Waals surface area contributed by atoms with E-state index in [4.69, 9.17) is 4.42 Å². The smallest absolute Gasteiger partial charge is 0.220 e. The maximum atomic E-state index is 11.3. The van der Waals surface area contributed by atoms with Gasteiger partial charge in [0.25, 0.3) is 0 Å². The maximum absolute atomic E-state index is 11.3. The van der Waals surface area contributed by atoms with Gasteiger partial charge in [0.05, 0.1) is 12.0 Å². The van der Waals surface area contributed by atoms with Crippen LogP contribution in [-0.2, 0) is 21.2 Å². The van der Waals surface area contributed by atoms with E-state index in [0.29, 0.717) is 6.42 Å². The average Bonchev–Trinajstić information content (AvgIpc) is 2.79. The molecule has 0 unspecified atom stereocenters. The van der Waals surface area contributed by atoms with Crippen LogP contribution in [0.4, 0.5) is 0 Å². The molecule has 17 heavy (non-hydrogen) atoms. The first-order valence-electron chi connectivity index (χ1n) is 5.24. The van der Waals surface area contributed by atoms with Crippen molar-refractivity contribution < 1.29 is 17.6 Å². The SMILES string of the molecule is CNS(=O)(=O)CCNC(=O)CCc1ccco1. The van der Waals surface area contributed by atoms with Crippen molar-refractivity contribution in [2.75, 3.05) is 19.3 Å². The molecule has 96 valence electrons. The van der Waals surface area contributed by atoms with E-state index in [9.17, 15) is 13.2 Å². The van der Waals surface area contributed by atoms with Crippen molar-refractivity contribution >= 4 is 15.9 Å². The first kappa shape index (κ1) is 13.7. The molecule has 0 bridgehead atoms. The van der Waals surface area contributed by atoms with Crippen LogP contribution in [0, 0.1) is 0 Å². The molecule has 7 heteroatoms. The van der Waals surface area contributed by atoms with Crippen molar-refractivity contribution in [3.63, 3.8) is 0 Å². The molecular formula is C10H16N2O4S. The van der Waals surface area contributed by atoms with Gasteiger partial charge < -0.3 is 9.73 Å². The lowest BCUT2D eigenvalue weighted by atomic mass is 10.2. The number of rotatable bonds is 7. The van der Waals surface area contributed by atoms with Gasteiger partial charge in [-0.3, -0.25) is 4.79 Å². The van der Waals surface area contributed by atoms with Crippen LogP contribution < -0.4 is 10.0 Å². The van der Waals surface area contributed by atoms with E-state index in [1.165, 1.54) is 7.05 Å². The van der Waals surface area contributed by atoms with Gasteiger partial charge in [0.2, 0.25) is 15.9 Å². The van der Waals surface area contributed by atoms with Gasteiger partial charge in [-0.05, 0) is 19.2 Å². The van der Waals surface area contributed by atoms with Gasteiger partial charge in [-0.25, -0.2) is 13.1 Å². The van der Waals surface area contributed by atoms with Gasteiger partial charge in [-0.2, -0.15) is 0 Å². The highest BCUT2D eigenvalue weighted by atomic mass is 32.2. The lowest BCUT2D eigenvalue weighted by Gasteiger charge is -2.04. The fourth-order valence-corrected chi connectivity index (χ4v) is 1.78. The summed E-state index contributed by atoms with van der Waals surface area (Å²) >= 11 is 0. The number of amides is 1. The molecule has 0 radical (unpaired) electrons. The molecule has 1 amide bonds. The summed E-state index contributed by atoms with van der Waals surface area (Å²) in [4.78, 5) is 11.3. The molecule has 0 aliphatic carbocycles. The van der Waals surface area contributed by atoms with Crippen LogP contribution >= 0.6 is 0 Å². The molecule has 1 rings (SSSR count). The fourth-order valence-electron chi connectivity index (χ4n) is 1.21. The highest BCUT2D eigenvalue weighted by molar-refractivity contribution is 7.89. The summed E-state index contributed by atoms with van der Waals surface area (Å²) in [7, 11) is -1.92. The number of carbonyl (C=O) groups excluding carboxylic acids is 1. The minimum Gasteiger partial charge on any atom is -0.469 e. The molecule has 0 spiro atoms. The van der Waals surface area contributed by atoms with Crippen LogP contribution in [0.5, 0.6) is 0 Å². The zero-order chi connectivity index (χ0) is 12.7. The third-order valence-corrected chi connectivity index (χ3v) is 3.55. The number of carbonyl (C=O) groups is 1. The number of aryl methyl sites for hydroxylation is 1. The van der Waals surface area contributed by atoms with E-state index in [2.05, 4.69) is 10.0 Å². The summed E-state index contributed by atoms with van der Waals surface area (Å²) in [6, 6.07) is 3.55. The van der Waals surface area contributed by atoms with E-state index in [1.807, 2.05) is 0 Å². The molecule has 0 aliphatic heterocycles. The van der Waals surface area contributed by atoms with Gasteiger partial charge in [-0.1, -0.05) is 0 Å². The van der Waals surface area contributed by atoms with Crippen molar-refractivity contribution in [2.45, 2.75) is 12.8 Å². The van der Waals surface area contributed by atoms with E-state index < -0.39 is 10.0 Å². The lowest BCUT2D eigenvalue weighted by Crippen LogP contribution is -2.33. The molecule has 0 fully saturated rings. The van der Waals surface area contributed by atoms with Crippen LogP contribution in [0.3, 0.4) is 0 Å². The van der Waals surface area contributed by atoms with Gasteiger partial charge in [0.1, 0.15) is 5.76 Å². The molecule has 0 atom stereocenters. The molecule has 6 nitrogen and oxygen atoms in total. The zero-order valence-corrected chi connectivity index (χ0v) is 10.4. The Morgan fingerprint density at radius 1 is 1.47 bits per heavy atom. The van der Waals surface area contributed by atoms with E-state index in [0.717, 1.165) is 5.76 Å². The van der Waals surface area contributed by atoms with E-state index in [-0.39, 0.29) is 24.6 Å². The molecule has 1 aromatic heterocycles. The van der Waals surface area contributed by atoms with Crippen molar-refractivity contribution in [3.8, 4) is 0 Å². The summed E-state index contributed by atoms with van der Waals surface area (Å²) in [6.45, 7) is 0.111. The molecule has 0 aliphatic rings. The molecule has 1 aromatic rings. The van der Waals surface area contributed by atoms with Gasteiger partial charge >= 0.3 is 0 Å². The predicted octanol–water partition coefficient (Wildman–Crippen LogP) is -0.122. The molecule has 1 heterocycles. The number of hydrogen-bond acceptors (Lipinski definition) is 4. The first-order valence-corrected chi connectivity index (χ1v) is 6.89. The number of hydrogen-bond donors (Lipinski definition) is 2. The van der Waals surface area contributed by atoms with Crippen molar-refractivity contribution in [1.82, 2.24) is 10.0 Å². The molecule has 0 saturated carbocycles. The molecular weight excluding hydrogens is 244 g/mol. The monoisotopic (exact) mass is 260 g/mol. The second kappa shape index (κ2) is 6.41. The van der Waals surface area contributed by atoms with Gasteiger partial charge in [0.15, 0.2) is 0 Å². The number of sulfonamides is 1. The Kier molecular flexibility index (Phi) is 5.17. The van der Waals surface area contributed by atoms with Crippen LogP contribution in [0.1, 0.15) is 12.2 Å².